The molecule has 1 heterocycles. The van der Waals surface area contributed by atoms with Gasteiger partial charge in [-0.1, -0.05) is 15.9 Å². The first kappa shape index (κ1) is 13.9. The molecule has 0 bridgehead atoms. The molecule has 0 fully saturated rings. The lowest BCUT2D eigenvalue weighted by Crippen LogP contribution is -2.33. The molecule has 0 spiro atoms. The fourth-order valence-corrected chi connectivity index (χ4v) is 1.85. The van der Waals surface area contributed by atoms with Gasteiger partial charge in [-0.3, -0.25) is 9.97 Å². The van der Waals surface area contributed by atoms with Crippen LogP contribution in [-0.4, -0.2) is 27.0 Å². The van der Waals surface area contributed by atoms with E-state index in [-0.39, 0.29) is 0 Å². The Kier molecular flexibility index (Phi) is 4.86. The molecule has 0 unspecified atom stereocenters. The predicted octanol–water partition coefficient (Wildman–Crippen LogP) is 1.83. The van der Waals surface area contributed by atoms with Crippen LogP contribution in [0.15, 0.2) is 12.4 Å². The van der Waals surface area contributed by atoms with Gasteiger partial charge in [0.25, 0.3) is 0 Å². The molecule has 0 aromatic carbocycles. The Morgan fingerprint density at radius 2 is 2.00 bits per heavy atom. The standard InChI is InChI=1S/C11H16BrN3O2/c1-11(2,17-10(13)16)5-9-7-14-8(3-4-12)6-15-9/h6-7H,3-5H2,1-2H3,(H2,13,16). The highest BCUT2D eigenvalue weighted by Crippen LogP contribution is 2.15. The monoisotopic (exact) mass is 301 g/mol. The minimum absolute atomic E-state index is 0.484. The highest BCUT2D eigenvalue weighted by Gasteiger charge is 2.23. The van der Waals surface area contributed by atoms with Gasteiger partial charge in [-0.2, -0.15) is 0 Å². The van der Waals surface area contributed by atoms with Crippen molar-refractivity contribution in [1.82, 2.24) is 9.97 Å². The molecule has 1 amide bonds. The minimum Gasteiger partial charge on any atom is -0.443 e. The molecule has 1 rings (SSSR count). The largest absolute Gasteiger partial charge is 0.443 e. The van der Waals surface area contributed by atoms with E-state index in [2.05, 4.69) is 25.9 Å². The number of aryl methyl sites for hydroxylation is 1. The van der Waals surface area contributed by atoms with E-state index in [9.17, 15) is 4.79 Å². The van der Waals surface area contributed by atoms with Crippen LogP contribution in [0, 0.1) is 0 Å². The third-order valence-corrected chi connectivity index (χ3v) is 2.49. The number of alkyl halides is 1. The molecule has 0 aliphatic carbocycles. The van der Waals surface area contributed by atoms with E-state index in [0.717, 1.165) is 23.1 Å². The van der Waals surface area contributed by atoms with Crippen molar-refractivity contribution in [3.63, 3.8) is 0 Å². The van der Waals surface area contributed by atoms with E-state index in [1.54, 1.807) is 26.2 Å². The zero-order chi connectivity index (χ0) is 12.9. The number of primary amides is 1. The molecule has 94 valence electrons. The van der Waals surface area contributed by atoms with Crippen LogP contribution in [0.2, 0.25) is 0 Å². The number of nitrogens with zero attached hydrogens (tertiary/aromatic N) is 2. The quantitative estimate of drug-likeness (QED) is 0.842. The maximum Gasteiger partial charge on any atom is 0.405 e. The minimum atomic E-state index is -0.779. The van der Waals surface area contributed by atoms with Gasteiger partial charge < -0.3 is 10.5 Å². The average Bonchev–Trinajstić information content (AvgIpc) is 2.18. The smallest absolute Gasteiger partial charge is 0.405 e. The first-order chi connectivity index (χ1) is 7.93. The Labute approximate surface area is 109 Å². The van der Waals surface area contributed by atoms with E-state index in [1.807, 2.05) is 0 Å². The van der Waals surface area contributed by atoms with Gasteiger partial charge in [-0.25, -0.2) is 4.79 Å². The second kappa shape index (κ2) is 5.95. The average molecular weight is 302 g/mol. The summed E-state index contributed by atoms with van der Waals surface area (Å²) in [6.45, 7) is 3.57. The molecule has 0 saturated heterocycles. The molecule has 0 saturated carbocycles. The summed E-state index contributed by atoms with van der Waals surface area (Å²) in [5.74, 6) is 0. The second-order valence-electron chi connectivity index (χ2n) is 4.30. The number of rotatable bonds is 5. The van der Waals surface area contributed by atoms with Gasteiger partial charge in [-0.05, 0) is 13.8 Å². The van der Waals surface area contributed by atoms with Crippen LogP contribution in [0.5, 0.6) is 0 Å². The summed E-state index contributed by atoms with van der Waals surface area (Å²) < 4.78 is 4.98. The zero-order valence-electron chi connectivity index (χ0n) is 9.94. The lowest BCUT2D eigenvalue weighted by molar-refractivity contribution is 0.0453. The molecule has 0 atom stereocenters. The fraction of sp³-hybridized carbons (Fsp3) is 0.545. The van der Waals surface area contributed by atoms with Crippen LogP contribution in [-0.2, 0) is 17.6 Å². The first-order valence-electron chi connectivity index (χ1n) is 5.27. The van der Waals surface area contributed by atoms with E-state index in [1.165, 1.54) is 0 Å². The summed E-state index contributed by atoms with van der Waals surface area (Å²) in [6.07, 6.45) is 3.98. The first-order valence-corrected chi connectivity index (χ1v) is 6.39. The Bertz CT molecular complexity index is 379. The van der Waals surface area contributed by atoms with Crippen molar-refractivity contribution in [2.24, 2.45) is 5.73 Å². The number of halogens is 1. The van der Waals surface area contributed by atoms with Crippen LogP contribution in [0.3, 0.4) is 0 Å². The number of ether oxygens (including phenoxy) is 1. The molecule has 5 nitrogen and oxygen atoms in total. The van der Waals surface area contributed by atoms with Gasteiger partial charge in [0.1, 0.15) is 5.60 Å². The second-order valence-corrected chi connectivity index (χ2v) is 5.09. The van der Waals surface area contributed by atoms with Crippen molar-refractivity contribution in [3.8, 4) is 0 Å². The van der Waals surface area contributed by atoms with Crippen LogP contribution in [0.25, 0.3) is 0 Å². The van der Waals surface area contributed by atoms with Gasteiger partial charge in [-0.15, -0.1) is 0 Å². The van der Waals surface area contributed by atoms with Crippen molar-refractivity contribution in [2.45, 2.75) is 32.3 Å². The maximum absolute atomic E-state index is 10.7. The summed E-state index contributed by atoms with van der Waals surface area (Å²) in [4.78, 5) is 19.2. The summed E-state index contributed by atoms with van der Waals surface area (Å²) in [7, 11) is 0. The molecule has 1 aromatic heterocycles. The van der Waals surface area contributed by atoms with Gasteiger partial charge in [0, 0.05) is 30.6 Å². The Morgan fingerprint density at radius 3 is 2.47 bits per heavy atom. The van der Waals surface area contributed by atoms with Gasteiger partial charge in [0.05, 0.1) is 11.4 Å². The van der Waals surface area contributed by atoms with Crippen molar-refractivity contribution in [3.05, 3.63) is 23.8 Å². The number of carbonyl (C=O) groups is 1. The summed E-state index contributed by atoms with van der Waals surface area (Å²) >= 11 is 3.34. The lowest BCUT2D eigenvalue weighted by Gasteiger charge is -2.23. The van der Waals surface area contributed by atoms with Crippen LogP contribution in [0.1, 0.15) is 25.2 Å². The molecule has 0 radical (unpaired) electrons. The number of nitrogens with two attached hydrogens (primary N) is 1. The lowest BCUT2D eigenvalue weighted by atomic mass is 10.0. The molecule has 0 aliphatic rings. The molecule has 2 N–H and O–H groups in total. The molecule has 17 heavy (non-hydrogen) atoms. The summed E-state index contributed by atoms with van der Waals surface area (Å²) in [6, 6.07) is 0. The number of aromatic nitrogens is 2. The van der Waals surface area contributed by atoms with Crippen LogP contribution in [0.4, 0.5) is 4.79 Å². The van der Waals surface area contributed by atoms with E-state index in [4.69, 9.17) is 10.5 Å². The molecular formula is C11H16BrN3O2. The number of hydrogen-bond acceptors (Lipinski definition) is 4. The molecule has 0 aliphatic heterocycles. The molecule has 1 aromatic rings. The number of hydrogen-bond donors (Lipinski definition) is 1. The normalized spacial score (nSPS) is 11.2. The third-order valence-electron chi connectivity index (χ3n) is 2.09. The Balaban J connectivity index is 2.65. The maximum atomic E-state index is 10.7. The highest BCUT2D eigenvalue weighted by atomic mass is 79.9. The zero-order valence-corrected chi connectivity index (χ0v) is 11.5. The van der Waals surface area contributed by atoms with E-state index < -0.39 is 11.7 Å². The Hall–Kier alpha value is -1.17. The van der Waals surface area contributed by atoms with Crippen molar-refractivity contribution in [1.29, 1.82) is 0 Å². The van der Waals surface area contributed by atoms with Crippen LogP contribution >= 0.6 is 15.9 Å². The van der Waals surface area contributed by atoms with Crippen molar-refractivity contribution < 1.29 is 9.53 Å². The van der Waals surface area contributed by atoms with Crippen molar-refractivity contribution >= 4 is 22.0 Å². The van der Waals surface area contributed by atoms with Crippen molar-refractivity contribution in [2.75, 3.05) is 5.33 Å². The van der Waals surface area contributed by atoms with Crippen LogP contribution < -0.4 is 5.73 Å². The van der Waals surface area contributed by atoms with Gasteiger partial charge >= 0.3 is 6.09 Å². The SMILES string of the molecule is CC(C)(Cc1cnc(CCBr)cn1)OC(N)=O. The summed E-state index contributed by atoms with van der Waals surface area (Å²) in [5.41, 5.74) is 6.03. The third kappa shape index (κ3) is 5.12. The molecular weight excluding hydrogens is 286 g/mol. The van der Waals surface area contributed by atoms with E-state index >= 15 is 0 Å². The summed E-state index contributed by atoms with van der Waals surface area (Å²) in [5, 5.41) is 0.858. The predicted molar refractivity (Wildman–Crippen MR) is 68.0 cm³/mol. The number of carbonyl (C=O) groups excluding carboxylic acids is 1. The van der Waals surface area contributed by atoms with Gasteiger partial charge in [0.15, 0.2) is 0 Å². The number of amides is 1. The highest BCUT2D eigenvalue weighted by molar-refractivity contribution is 9.09. The van der Waals surface area contributed by atoms with E-state index in [0.29, 0.717) is 6.42 Å². The molecule has 6 heteroatoms. The fourth-order valence-electron chi connectivity index (χ4n) is 1.44. The topological polar surface area (TPSA) is 78.1 Å². The van der Waals surface area contributed by atoms with Gasteiger partial charge in [0.2, 0.25) is 0 Å². The Morgan fingerprint density at radius 1 is 1.41 bits per heavy atom.